The molecule has 0 saturated carbocycles. The second-order valence-corrected chi connectivity index (χ2v) is 7.64. The van der Waals surface area contributed by atoms with Crippen molar-refractivity contribution in [2.45, 2.75) is 31.6 Å². The fraction of sp³-hybridized carbons (Fsp3) is 0.579. The van der Waals surface area contributed by atoms with Crippen LogP contribution >= 0.6 is 11.6 Å². The van der Waals surface area contributed by atoms with Gasteiger partial charge in [-0.15, -0.1) is 0 Å². The van der Waals surface area contributed by atoms with Crippen LogP contribution in [0.25, 0.3) is 0 Å². The summed E-state index contributed by atoms with van der Waals surface area (Å²) < 4.78 is 19.0. The number of benzene rings is 1. The summed E-state index contributed by atoms with van der Waals surface area (Å²) in [6, 6.07) is 3.17. The number of carbonyl (C=O) groups is 2. The Kier molecular flexibility index (Phi) is 6.87. The van der Waals surface area contributed by atoms with Crippen molar-refractivity contribution in [1.29, 1.82) is 0 Å². The van der Waals surface area contributed by atoms with Gasteiger partial charge in [0.1, 0.15) is 11.9 Å². The first-order valence-electron chi connectivity index (χ1n) is 9.38. The Morgan fingerprint density at radius 1 is 1.32 bits per heavy atom. The number of aliphatic hydroxyl groups is 1. The first kappa shape index (κ1) is 21.0. The number of aliphatic hydroxyl groups excluding tert-OH is 1. The predicted molar refractivity (Wildman–Crippen MR) is 102 cm³/mol. The highest BCUT2D eigenvalue weighted by Crippen LogP contribution is 2.19. The molecule has 2 aliphatic heterocycles. The van der Waals surface area contributed by atoms with Crippen molar-refractivity contribution in [2.75, 3.05) is 39.3 Å². The summed E-state index contributed by atoms with van der Waals surface area (Å²) in [5, 5.41) is 13.2. The van der Waals surface area contributed by atoms with E-state index in [1.807, 2.05) is 4.90 Å². The monoisotopic (exact) mass is 413 g/mol. The lowest BCUT2D eigenvalue weighted by Crippen LogP contribution is -2.47. The van der Waals surface area contributed by atoms with Gasteiger partial charge < -0.3 is 20.1 Å². The van der Waals surface area contributed by atoms with Gasteiger partial charge in [-0.2, -0.15) is 0 Å². The molecule has 0 unspecified atom stereocenters. The molecule has 0 spiro atoms. The van der Waals surface area contributed by atoms with E-state index in [9.17, 15) is 19.1 Å². The van der Waals surface area contributed by atoms with Crippen molar-refractivity contribution in [2.24, 2.45) is 0 Å². The number of amides is 2. The molecule has 0 aromatic heterocycles. The van der Waals surface area contributed by atoms with Crippen LogP contribution in [-0.4, -0.2) is 84.3 Å². The average molecular weight is 414 g/mol. The summed E-state index contributed by atoms with van der Waals surface area (Å²) in [4.78, 5) is 27.9. The van der Waals surface area contributed by atoms with Crippen LogP contribution in [0.3, 0.4) is 0 Å². The molecule has 154 valence electrons. The van der Waals surface area contributed by atoms with Gasteiger partial charge in [0.15, 0.2) is 0 Å². The second kappa shape index (κ2) is 9.17. The maximum absolute atomic E-state index is 13.3. The molecule has 3 atom stereocenters. The van der Waals surface area contributed by atoms with Crippen molar-refractivity contribution in [3.63, 3.8) is 0 Å². The van der Waals surface area contributed by atoms with Crippen molar-refractivity contribution in [3.05, 3.63) is 34.6 Å². The number of nitrogens with zero attached hydrogens (tertiary/aromatic N) is 2. The lowest BCUT2D eigenvalue weighted by molar-refractivity contribution is -0.128. The van der Waals surface area contributed by atoms with E-state index in [1.165, 1.54) is 12.1 Å². The van der Waals surface area contributed by atoms with Crippen LogP contribution in [0, 0.1) is 5.82 Å². The summed E-state index contributed by atoms with van der Waals surface area (Å²) in [5.41, 5.74) is 0.221. The van der Waals surface area contributed by atoms with Crippen LogP contribution in [0.1, 0.15) is 23.7 Å². The predicted octanol–water partition coefficient (Wildman–Crippen LogP) is 0.891. The summed E-state index contributed by atoms with van der Waals surface area (Å²) in [6.07, 6.45) is -0.411. The van der Waals surface area contributed by atoms with Crippen molar-refractivity contribution >= 4 is 23.4 Å². The van der Waals surface area contributed by atoms with E-state index in [0.717, 1.165) is 32.1 Å². The molecule has 1 aromatic rings. The number of halogens is 2. The van der Waals surface area contributed by atoms with E-state index in [1.54, 1.807) is 6.92 Å². The average Bonchev–Trinajstić information content (AvgIpc) is 2.85. The molecule has 0 bridgehead atoms. The lowest BCUT2D eigenvalue weighted by atomic mass is 10.1. The first-order chi connectivity index (χ1) is 13.3. The standard InChI is InChI=1S/C19H25ClFN3O4/c1-12(25)24-6-2-5-23(7-8-24)10-17-18(26)16(11-28-17)22-19(27)13-3-4-15(21)14(20)9-13/h3-4,9,16-18,26H,2,5-8,10-11H2,1H3,(H,22,27)/t16-,17-,18+/m0/s1. The summed E-state index contributed by atoms with van der Waals surface area (Å²) >= 11 is 5.72. The highest BCUT2D eigenvalue weighted by molar-refractivity contribution is 6.31. The minimum absolute atomic E-state index is 0.0719. The van der Waals surface area contributed by atoms with Gasteiger partial charge in [0, 0.05) is 38.7 Å². The number of ether oxygens (including phenoxy) is 1. The van der Waals surface area contributed by atoms with Crippen LogP contribution in [0.5, 0.6) is 0 Å². The molecule has 3 rings (SSSR count). The number of nitrogens with one attached hydrogen (secondary N) is 1. The maximum Gasteiger partial charge on any atom is 0.251 e. The number of rotatable bonds is 4. The third-order valence-corrected chi connectivity index (χ3v) is 5.54. The van der Waals surface area contributed by atoms with Crippen LogP contribution in [0.2, 0.25) is 5.02 Å². The van der Waals surface area contributed by atoms with Gasteiger partial charge >= 0.3 is 0 Å². The molecule has 2 N–H and O–H groups in total. The largest absolute Gasteiger partial charge is 0.388 e. The Hall–Kier alpha value is -1.74. The highest BCUT2D eigenvalue weighted by atomic mass is 35.5. The molecule has 9 heteroatoms. The van der Waals surface area contributed by atoms with Crippen molar-refractivity contribution < 1.29 is 23.8 Å². The van der Waals surface area contributed by atoms with Crippen LogP contribution in [-0.2, 0) is 9.53 Å². The summed E-state index contributed by atoms with van der Waals surface area (Å²) in [7, 11) is 0. The van der Waals surface area contributed by atoms with Gasteiger partial charge in [0.05, 0.1) is 23.8 Å². The van der Waals surface area contributed by atoms with Crippen LogP contribution < -0.4 is 5.32 Å². The first-order valence-corrected chi connectivity index (χ1v) is 9.76. The van der Waals surface area contributed by atoms with Gasteiger partial charge in [0.2, 0.25) is 5.91 Å². The Morgan fingerprint density at radius 3 is 2.82 bits per heavy atom. The number of carbonyl (C=O) groups excluding carboxylic acids is 2. The molecule has 2 fully saturated rings. The Morgan fingerprint density at radius 2 is 2.11 bits per heavy atom. The fourth-order valence-corrected chi connectivity index (χ4v) is 3.76. The van der Waals surface area contributed by atoms with E-state index in [-0.39, 0.29) is 23.1 Å². The summed E-state index contributed by atoms with van der Waals surface area (Å²) in [5.74, 6) is -0.965. The Balaban J connectivity index is 1.52. The summed E-state index contributed by atoms with van der Waals surface area (Å²) in [6.45, 7) is 5.23. The molecule has 2 saturated heterocycles. The van der Waals surface area contributed by atoms with Crippen molar-refractivity contribution in [3.8, 4) is 0 Å². The smallest absolute Gasteiger partial charge is 0.251 e. The molecule has 1 aromatic carbocycles. The van der Waals surface area contributed by atoms with E-state index in [0.29, 0.717) is 13.1 Å². The lowest BCUT2D eigenvalue weighted by Gasteiger charge is -2.26. The minimum Gasteiger partial charge on any atom is -0.388 e. The third kappa shape index (κ3) is 5.00. The molecule has 0 radical (unpaired) electrons. The van der Waals surface area contributed by atoms with Crippen molar-refractivity contribution in [1.82, 2.24) is 15.1 Å². The van der Waals surface area contributed by atoms with E-state index in [2.05, 4.69) is 10.2 Å². The zero-order valence-electron chi connectivity index (χ0n) is 15.7. The topological polar surface area (TPSA) is 82.1 Å². The molecule has 2 amide bonds. The third-order valence-electron chi connectivity index (χ3n) is 5.25. The maximum atomic E-state index is 13.3. The number of hydrogen-bond donors (Lipinski definition) is 2. The molecular formula is C19H25ClFN3O4. The zero-order valence-corrected chi connectivity index (χ0v) is 16.5. The molecule has 2 heterocycles. The van der Waals surface area contributed by atoms with Gasteiger partial charge in [-0.25, -0.2) is 4.39 Å². The molecular weight excluding hydrogens is 389 g/mol. The van der Waals surface area contributed by atoms with E-state index < -0.39 is 30.0 Å². The molecule has 7 nitrogen and oxygen atoms in total. The quantitative estimate of drug-likeness (QED) is 0.766. The van der Waals surface area contributed by atoms with Gasteiger partial charge in [0.25, 0.3) is 5.91 Å². The molecule has 2 aliphatic rings. The normalized spacial score (nSPS) is 26.1. The Labute approximate surface area is 168 Å². The van der Waals surface area contributed by atoms with Crippen LogP contribution in [0.15, 0.2) is 18.2 Å². The SMILES string of the molecule is CC(=O)N1CCCN(C[C@@H]2OC[C@H](NC(=O)c3ccc(F)c(Cl)c3)[C@H]2O)CC1. The van der Waals surface area contributed by atoms with E-state index in [4.69, 9.17) is 16.3 Å². The fourth-order valence-electron chi connectivity index (χ4n) is 3.58. The minimum atomic E-state index is -0.855. The molecule has 28 heavy (non-hydrogen) atoms. The van der Waals surface area contributed by atoms with E-state index >= 15 is 0 Å². The molecule has 0 aliphatic carbocycles. The highest BCUT2D eigenvalue weighted by Gasteiger charge is 2.38. The van der Waals surface area contributed by atoms with Gasteiger partial charge in [-0.05, 0) is 31.2 Å². The van der Waals surface area contributed by atoms with Crippen LogP contribution in [0.4, 0.5) is 4.39 Å². The van der Waals surface area contributed by atoms with Gasteiger partial charge in [-0.3, -0.25) is 14.5 Å². The number of hydrogen-bond acceptors (Lipinski definition) is 5. The zero-order chi connectivity index (χ0) is 20.3. The van der Waals surface area contributed by atoms with Gasteiger partial charge in [-0.1, -0.05) is 11.6 Å². The Bertz CT molecular complexity index is 735. The second-order valence-electron chi connectivity index (χ2n) is 7.23.